The second-order valence-corrected chi connectivity index (χ2v) is 5.46. The Bertz CT molecular complexity index is 729. The first-order valence-corrected chi connectivity index (χ1v) is 7.43. The molecule has 118 valence electrons. The van der Waals surface area contributed by atoms with Crippen LogP contribution in [0.3, 0.4) is 0 Å². The van der Waals surface area contributed by atoms with Crippen LogP contribution in [0.1, 0.15) is 35.9 Å². The molecular formula is C17H17N3O3. The second kappa shape index (κ2) is 6.48. The van der Waals surface area contributed by atoms with E-state index in [-0.39, 0.29) is 17.6 Å². The van der Waals surface area contributed by atoms with Crippen LogP contribution in [0.15, 0.2) is 52.2 Å². The van der Waals surface area contributed by atoms with Crippen molar-refractivity contribution >= 4 is 23.2 Å². The van der Waals surface area contributed by atoms with Crippen molar-refractivity contribution in [2.75, 3.05) is 5.32 Å². The highest BCUT2D eigenvalue weighted by Crippen LogP contribution is 2.30. The lowest BCUT2D eigenvalue weighted by Crippen LogP contribution is -2.18. The molecule has 6 nitrogen and oxygen atoms in total. The van der Waals surface area contributed by atoms with Crippen LogP contribution in [0.25, 0.3) is 0 Å². The lowest BCUT2D eigenvalue weighted by Gasteiger charge is -2.06. The van der Waals surface area contributed by atoms with E-state index in [9.17, 15) is 9.59 Å². The quantitative estimate of drug-likeness (QED) is 0.658. The van der Waals surface area contributed by atoms with Crippen molar-refractivity contribution < 1.29 is 14.0 Å². The van der Waals surface area contributed by atoms with E-state index in [1.165, 1.54) is 6.26 Å². The number of rotatable bonds is 5. The fraction of sp³-hybridized carbons (Fsp3) is 0.235. The molecule has 1 heterocycles. The Morgan fingerprint density at radius 3 is 2.52 bits per heavy atom. The topological polar surface area (TPSA) is 83.7 Å². The summed E-state index contributed by atoms with van der Waals surface area (Å²) in [5.74, 6) is 0.0611. The molecule has 23 heavy (non-hydrogen) atoms. The number of hydrogen-bond acceptors (Lipinski definition) is 4. The lowest BCUT2D eigenvalue weighted by molar-refractivity contribution is -0.117. The molecule has 1 aliphatic rings. The van der Waals surface area contributed by atoms with Gasteiger partial charge in [0.05, 0.1) is 12.0 Å². The van der Waals surface area contributed by atoms with Crippen LogP contribution in [0.4, 0.5) is 5.69 Å². The minimum atomic E-state index is -0.400. The Labute approximate surface area is 133 Å². The average molecular weight is 311 g/mol. The summed E-state index contributed by atoms with van der Waals surface area (Å²) in [6, 6.07) is 10.5. The molecule has 0 radical (unpaired) electrons. The molecule has 0 unspecified atom stereocenters. The summed E-state index contributed by atoms with van der Waals surface area (Å²) in [7, 11) is 0. The Hall–Kier alpha value is -2.89. The molecule has 0 bridgehead atoms. The van der Waals surface area contributed by atoms with Gasteiger partial charge >= 0.3 is 5.91 Å². The molecular weight excluding hydrogens is 294 g/mol. The number of furan rings is 1. The van der Waals surface area contributed by atoms with Crippen LogP contribution in [0, 0.1) is 5.92 Å². The highest BCUT2D eigenvalue weighted by molar-refractivity contribution is 6.01. The number of nitrogens with one attached hydrogen (secondary N) is 2. The van der Waals surface area contributed by atoms with Gasteiger partial charge in [-0.05, 0) is 49.6 Å². The highest BCUT2D eigenvalue weighted by Gasteiger charge is 2.29. The van der Waals surface area contributed by atoms with Gasteiger partial charge in [0.1, 0.15) is 0 Å². The molecule has 3 rings (SSSR count). The van der Waals surface area contributed by atoms with Gasteiger partial charge in [-0.1, -0.05) is 12.1 Å². The van der Waals surface area contributed by atoms with Crippen LogP contribution in [-0.2, 0) is 4.79 Å². The van der Waals surface area contributed by atoms with Crippen molar-refractivity contribution in [1.29, 1.82) is 0 Å². The molecule has 2 aromatic rings. The van der Waals surface area contributed by atoms with Gasteiger partial charge in [0.15, 0.2) is 5.76 Å². The van der Waals surface area contributed by atoms with Gasteiger partial charge in [0.2, 0.25) is 5.91 Å². The second-order valence-electron chi connectivity index (χ2n) is 5.46. The minimum Gasteiger partial charge on any atom is -0.459 e. The van der Waals surface area contributed by atoms with Crippen LogP contribution in [0.2, 0.25) is 0 Å². The molecule has 1 fully saturated rings. The number of benzene rings is 1. The Morgan fingerprint density at radius 2 is 1.91 bits per heavy atom. The highest BCUT2D eigenvalue weighted by atomic mass is 16.3. The van der Waals surface area contributed by atoms with Gasteiger partial charge in [0.25, 0.3) is 0 Å². The number of anilines is 1. The number of hydrogen-bond donors (Lipinski definition) is 2. The molecule has 1 aromatic carbocycles. The zero-order valence-corrected chi connectivity index (χ0v) is 12.7. The van der Waals surface area contributed by atoms with E-state index in [0.29, 0.717) is 5.71 Å². The molecule has 0 aliphatic heterocycles. The first kappa shape index (κ1) is 15.0. The summed E-state index contributed by atoms with van der Waals surface area (Å²) in [5, 5.41) is 6.93. The number of carbonyl (C=O) groups excluding carboxylic acids is 2. The van der Waals surface area contributed by atoms with E-state index in [0.717, 1.165) is 24.1 Å². The third kappa shape index (κ3) is 3.85. The molecule has 0 atom stereocenters. The predicted octanol–water partition coefficient (Wildman–Crippen LogP) is 2.78. The fourth-order valence-corrected chi connectivity index (χ4v) is 2.05. The van der Waals surface area contributed by atoms with Crippen molar-refractivity contribution in [3.05, 3.63) is 54.0 Å². The van der Waals surface area contributed by atoms with E-state index in [4.69, 9.17) is 4.42 Å². The zero-order valence-electron chi connectivity index (χ0n) is 12.7. The Morgan fingerprint density at radius 1 is 1.17 bits per heavy atom. The van der Waals surface area contributed by atoms with Gasteiger partial charge in [-0.2, -0.15) is 5.10 Å². The molecule has 0 saturated heterocycles. The number of amides is 2. The summed E-state index contributed by atoms with van der Waals surface area (Å²) in [4.78, 5) is 23.4. The van der Waals surface area contributed by atoms with Crippen molar-refractivity contribution in [3.63, 3.8) is 0 Å². The van der Waals surface area contributed by atoms with Crippen LogP contribution in [-0.4, -0.2) is 17.5 Å². The first-order valence-electron chi connectivity index (χ1n) is 7.43. The summed E-state index contributed by atoms with van der Waals surface area (Å²) in [6.07, 6.45) is 3.39. The first-order chi connectivity index (χ1) is 11.1. The van der Waals surface area contributed by atoms with E-state index >= 15 is 0 Å². The summed E-state index contributed by atoms with van der Waals surface area (Å²) < 4.78 is 4.99. The predicted molar refractivity (Wildman–Crippen MR) is 86.2 cm³/mol. The average Bonchev–Trinajstić information content (AvgIpc) is 3.28. The molecule has 2 N–H and O–H groups in total. The van der Waals surface area contributed by atoms with E-state index < -0.39 is 5.91 Å². The van der Waals surface area contributed by atoms with Crippen molar-refractivity contribution in [2.45, 2.75) is 19.8 Å². The zero-order chi connectivity index (χ0) is 16.2. The van der Waals surface area contributed by atoms with Gasteiger partial charge in [0, 0.05) is 11.6 Å². The van der Waals surface area contributed by atoms with E-state index in [2.05, 4.69) is 15.8 Å². The Kier molecular flexibility index (Phi) is 4.23. The maximum Gasteiger partial charge on any atom is 0.307 e. The smallest absolute Gasteiger partial charge is 0.307 e. The van der Waals surface area contributed by atoms with Gasteiger partial charge in [-0.15, -0.1) is 0 Å². The Balaban J connectivity index is 1.60. The largest absolute Gasteiger partial charge is 0.459 e. The van der Waals surface area contributed by atoms with Crippen LogP contribution < -0.4 is 10.7 Å². The fourth-order valence-electron chi connectivity index (χ4n) is 2.05. The number of nitrogens with zero attached hydrogens (tertiary/aromatic N) is 1. The molecule has 2 amide bonds. The van der Waals surface area contributed by atoms with Crippen LogP contribution in [0.5, 0.6) is 0 Å². The third-order valence-electron chi connectivity index (χ3n) is 3.59. The van der Waals surface area contributed by atoms with Gasteiger partial charge in [-0.3, -0.25) is 9.59 Å². The van der Waals surface area contributed by atoms with Gasteiger partial charge < -0.3 is 9.73 Å². The molecule has 1 aromatic heterocycles. The van der Waals surface area contributed by atoms with E-state index in [1.54, 1.807) is 19.1 Å². The maximum absolute atomic E-state index is 11.7. The summed E-state index contributed by atoms with van der Waals surface area (Å²) >= 11 is 0. The SMILES string of the molecule is C/C(=N/NC(=O)c1ccco1)c1ccc(NC(=O)C2CC2)cc1. The van der Waals surface area contributed by atoms with Gasteiger partial charge in [-0.25, -0.2) is 5.43 Å². The molecule has 6 heteroatoms. The standard InChI is InChI=1S/C17H17N3O3/c1-11(19-20-17(22)15-3-2-10-23-15)12-6-8-14(9-7-12)18-16(21)13-4-5-13/h2-3,6-10,13H,4-5H2,1H3,(H,18,21)(H,20,22)/b19-11-. The number of carbonyl (C=O) groups is 2. The lowest BCUT2D eigenvalue weighted by atomic mass is 10.1. The molecule has 0 spiro atoms. The summed E-state index contributed by atoms with van der Waals surface area (Å²) in [5.41, 5.74) is 4.71. The monoisotopic (exact) mass is 311 g/mol. The minimum absolute atomic E-state index is 0.0776. The third-order valence-corrected chi connectivity index (χ3v) is 3.59. The van der Waals surface area contributed by atoms with Crippen molar-refractivity contribution in [2.24, 2.45) is 11.0 Å². The molecule has 1 saturated carbocycles. The van der Waals surface area contributed by atoms with Crippen molar-refractivity contribution in [3.8, 4) is 0 Å². The van der Waals surface area contributed by atoms with E-state index in [1.807, 2.05) is 24.3 Å². The summed E-state index contributed by atoms with van der Waals surface area (Å²) in [6.45, 7) is 1.79. The van der Waals surface area contributed by atoms with Crippen LogP contribution >= 0.6 is 0 Å². The normalized spacial score (nSPS) is 14.4. The number of hydrazone groups is 1. The maximum atomic E-state index is 11.7. The van der Waals surface area contributed by atoms with Crippen molar-refractivity contribution in [1.82, 2.24) is 5.43 Å². The molecule has 1 aliphatic carbocycles.